The summed E-state index contributed by atoms with van der Waals surface area (Å²) >= 11 is 0. The van der Waals surface area contributed by atoms with Gasteiger partial charge in [-0.3, -0.25) is 9.69 Å². The molecule has 0 aromatic heterocycles. The van der Waals surface area contributed by atoms with Gasteiger partial charge in [0.1, 0.15) is 0 Å². The van der Waals surface area contributed by atoms with Crippen molar-refractivity contribution >= 4 is 12.0 Å². The molecule has 0 saturated carbocycles. The van der Waals surface area contributed by atoms with Gasteiger partial charge in [-0.2, -0.15) is 0 Å². The number of urea groups is 1. The molecular weight excluding hydrogens is 258 g/mol. The van der Waals surface area contributed by atoms with Crippen molar-refractivity contribution in [3.8, 4) is 0 Å². The van der Waals surface area contributed by atoms with Crippen LogP contribution in [0.15, 0.2) is 0 Å². The first-order valence-corrected chi connectivity index (χ1v) is 7.63. The lowest BCUT2D eigenvalue weighted by Crippen LogP contribution is -2.50. The standard InChI is InChI=1S/C14H25N3O3/c1-2-10(13(18)19)9-15-14(20)16-11-6-8-17-7-4-3-5-12(11)17/h10-12H,2-9H2,1H3,(H,18,19)(H2,15,16,20). The molecule has 0 aromatic rings. The van der Waals surface area contributed by atoms with E-state index in [1.807, 2.05) is 6.92 Å². The molecule has 0 aromatic carbocycles. The Morgan fingerprint density at radius 3 is 2.80 bits per heavy atom. The average molecular weight is 283 g/mol. The Morgan fingerprint density at radius 1 is 1.30 bits per heavy atom. The topological polar surface area (TPSA) is 81.7 Å². The van der Waals surface area contributed by atoms with E-state index in [-0.39, 0.29) is 18.6 Å². The molecule has 3 atom stereocenters. The number of hydrogen-bond donors (Lipinski definition) is 3. The van der Waals surface area contributed by atoms with Gasteiger partial charge in [-0.25, -0.2) is 4.79 Å². The Bertz CT molecular complexity index is 362. The quantitative estimate of drug-likeness (QED) is 0.703. The van der Waals surface area contributed by atoms with Crippen LogP contribution in [0.3, 0.4) is 0 Å². The van der Waals surface area contributed by atoms with Crippen LogP contribution in [0.25, 0.3) is 0 Å². The Kier molecular flexibility index (Phi) is 5.23. The van der Waals surface area contributed by atoms with Crippen LogP contribution in [0, 0.1) is 5.92 Å². The molecule has 0 bridgehead atoms. The van der Waals surface area contributed by atoms with Crippen molar-refractivity contribution in [3.63, 3.8) is 0 Å². The van der Waals surface area contributed by atoms with Gasteiger partial charge < -0.3 is 15.7 Å². The number of carbonyl (C=O) groups excluding carboxylic acids is 1. The number of hydrogen-bond acceptors (Lipinski definition) is 3. The number of aliphatic carboxylic acids is 1. The molecule has 2 rings (SSSR count). The Hall–Kier alpha value is -1.30. The molecule has 0 radical (unpaired) electrons. The molecule has 6 nitrogen and oxygen atoms in total. The summed E-state index contributed by atoms with van der Waals surface area (Å²) in [5.74, 6) is -1.36. The molecule has 2 aliphatic heterocycles. The molecule has 3 unspecified atom stereocenters. The zero-order valence-electron chi connectivity index (χ0n) is 12.1. The van der Waals surface area contributed by atoms with Crippen LogP contribution < -0.4 is 10.6 Å². The van der Waals surface area contributed by atoms with Gasteiger partial charge in [0, 0.05) is 25.2 Å². The fourth-order valence-electron chi connectivity index (χ4n) is 3.26. The number of nitrogens with zero attached hydrogens (tertiary/aromatic N) is 1. The largest absolute Gasteiger partial charge is 0.481 e. The number of fused-ring (bicyclic) bond motifs is 1. The maximum absolute atomic E-state index is 11.9. The Morgan fingerprint density at radius 2 is 2.10 bits per heavy atom. The van der Waals surface area contributed by atoms with Crippen LogP contribution >= 0.6 is 0 Å². The SMILES string of the molecule is CCC(CNC(=O)NC1CCN2CCCCC12)C(=O)O. The lowest BCUT2D eigenvalue weighted by atomic mass is 9.99. The lowest BCUT2D eigenvalue weighted by Gasteiger charge is -2.32. The minimum atomic E-state index is -0.855. The van der Waals surface area contributed by atoms with E-state index in [9.17, 15) is 9.59 Å². The van der Waals surface area contributed by atoms with Gasteiger partial charge in [0.05, 0.1) is 5.92 Å². The lowest BCUT2D eigenvalue weighted by molar-refractivity contribution is -0.141. The fourth-order valence-corrected chi connectivity index (χ4v) is 3.26. The second kappa shape index (κ2) is 6.92. The van der Waals surface area contributed by atoms with E-state index in [4.69, 9.17) is 5.11 Å². The van der Waals surface area contributed by atoms with Gasteiger partial charge in [-0.05, 0) is 32.2 Å². The molecule has 0 spiro atoms. The highest BCUT2D eigenvalue weighted by Crippen LogP contribution is 2.26. The van der Waals surface area contributed by atoms with E-state index in [1.54, 1.807) is 0 Å². The van der Waals surface area contributed by atoms with Gasteiger partial charge >= 0.3 is 12.0 Å². The van der Waals surface area contributed by atoms with Crippen molar-refractivity contribution in [2.45, 2.75) is 51.1 Å². The normalized spacial score (nSPS) is 27.6. The van der Waals surface area contributed by atoms with Crippen LogP contribution in [0.2, 0.25) is 0 Å². The third-order valence-electron chi connectivity index (χ3n) is 4.52. The summed E-state index contributed by atoms with van der Waals surface area (Å²) in [4.78, 5) is 25.2. The van der Waals surface area contributed by atoms with Crippen LogP contribution in [-0.2, 0) is 4.79 Å². The van der Waals surface area contributed by atoms with Crippen molar-refractivity contribution in [3.05, 3.63) is 0 Å². The van der Waals surface area contributed by atoms with Gasteiger partial charge in [0.15, 0.2) is 0 Å². The maximum Gasteiger partial charge on any atom is 0.315 e. The average Bonchev–Trinajstić information content (AvgIpc) is 2.82. The van der Waals surface area contributed by atoms with Gasteiger partial charge in [-0.15, -0.1) is 0 Å². The number of nitrogens with one attached hydrogen (secondary N) is 2. The summed E-state index contributed by atoms with van der Waals surface area (Å²) in [5.41, 5.74) is 0. The van der Waals surface area contributed by atoms with E-state index in [0.717, 1.165) is 25.9 Å². The second-order valence-electron chi connectivity index (χ2n) is 5.79. The van der Waals surface area contributed by atoms with Crippen molar-refractivity contribution in [1.29, 1.82) is 0 Å². The Labute approximate surface area is 119 Å². The Balaban J connectivity index is 1.75. The summed E-state index contributed by atoms with van der Waals surface area (Å²) in [5, 5.41) is 14.6. The highest BCUT2D eigenvalue weighted by molar-refractivity contribution is 5.76. The van der Waals surface area contributed by atoms with Crippen molar-refractivity contribution in [2.24, 2.45) is 5.92 Å². The zero-order valence-corrected chi connectivity index (χ0v) is 12.1. The van der Waals surface area contributed by atoms with E-state index in [2.05, 4.69) is 15.5 Å². The summed E-state index contributed by atoms with van der Waals surface area (Å²) < 4.78 is 0. The summed E-state index contributed by atoms with van der Waals surface area (Å²) in [7, 11) is 0. The van der Waals surface area contributed by atoms with Gasteiger partial charge in [0.25, 0.3) is 0 Å². The first-order chi connectivity index (χ1) is 9.61. The summed E-state index contributed by atoms with van der Waals surface area (Å²) in [6.07, 6.45) is 5.16. The monoisotopic (exact) mass is 283 g/mol. The van der Waals surface area contributed by atoms with Crippen LogP contribution in [-0.4, -0.2) is 53.7 Å². The number of carboxylic acid groups (broad SMARTS) is 1. The molecule has 3 N–H and O–H groups in total. The first kappa shape index (κ1) is 15.1. The highest BCUT2D eigenvalue weighted by atomic mass is 16.4. The first-order valence-electron chi connectivity index (χ1n) is 7.63. The molecule has 2 heterocycles. The third-order valence-corrected chi connectivity index (χ3v) is 4.52. The molecule has 20 heavy (non-hydrogen) atoms. The number of carbonyl (C=O) groups is 2. The van der Waals surface area contributed by atoms with Gasteiger partial charge in [0.2, 0.25) is 0 Å². The smallest absolute Gasteiger partial charge is 0.315 e. The van der Waals surface area contributed by atoms with Crippen molar-refractivity contribution in [1.82, 2.24) is 15.5 Å². The molecular formula is C14H25N3O3. The van der Waals surface area contributed by atoms with E-state index < -0.39 is 11.9 Å². The highest BCUT2D eigenvalue weighted by Gasteiger charge is 2.36. The van der Waals surface area contributed by atoms with E-state index >= 15 is 0 Å². The minimum Gasteiger partial charge on any atom is -0.481 e. The molecule has 2 fully saturated rings. The molecule has 114 valence electrons. The van der Waals surface area contributed by atoms with E-state index in [0.29, 0.717) is 12.5 Å². The summed E-state index contributed by atoms with van der Waals surface area (Å²) in [6, 6.07) is 0.443. The third kappa shape index (κ3) is 3.62. The summed E-state index contributed by atoms with van der Waals surface area (Å²) in [6.45, 7) is 4.21. The molecule has 2 saturated heterocycles. The van der Waals surface area contributed by atoms with Crippen molar-refractivity contribution in [2.75, 3.05) is 19.6 Å². The van der Waals surface area contributed by atoms with E-state index in [1.165, 1.54) is 12.8 Å². The van der Waals surface area contributed by atoms with Crippen LogP contribution in [0.5, 0.6) is 0 Å². The number of amides is 2. The second-order valence-corrected chi connectivity index (χ2v) is 5.79. The molecule has 6 heteroatoms. The fraction of sp³-hybridized carbons (Fsp3) is 0.857. The minimum absolute atomic E-state index is 0.193. The van der Waals surface area contributed by atoms with Gasteiger partial charge in [-0.1, -0.05) is 13.3 Å². The molecule has 2 amide bonds. The predicted molar refractivity (Wildman–Crippen MR) is 75.6 cm³/mol. The number of rotatable bonds is 5. The number of carboxylic acids is 1. The van der Waals surface area contributed by atoms with Crippen LogP contribution in [0.1, 0.15) is 39.0 Å². The molecule has 2 aliphatic rings. The maximum atomic E-state index is 11.9. The number of piperidine rings is 1. The zero-order chi connectivity index (χ0) is 14.5. The van der Waals surface area contributed by atoms with Crippen molar-refractivity contribution < 1.29 is 14.7 Å². The predicted octanol–water partition coefficient (Wildman–Crippen LogP) is 1.02. The molecule has 0 aliphatic carbocycles. The van der Waals surface area contributed by atoms with Crippen LogP contribution in [0.4, 0.5) is 4.79 Å².